The quantitative estimate of drug-likeness (QED) is 0.579. The fourth-order valence-corrected chi connectivity index (χ4v) is 3.52. The van der Waals surface area contributed by atoms with Crippen molar-refractivity contribution >= 4 is 15.7 Å². The van der Waals surface area contributed by atoms with Crippen molar-refractivity contribution in [3.8, 4) is 0 Å². The van der Waals surface area contributed by atoms with Gasteiger partial charge in [-0.15, -0.1) is 0 Å². The van der Waals surface area contributed by atoms with E-state index in [4.69, 9.17) is 5.73 Å². The molecule has 118 valence electrons. The summed E-state index contributed by atoms with van der Waals surface area (Å²) in [5.74, 6) is 0.176. The van der Waals surface area contributed by atoms with Crippen LogP contribution in [0.3, 0.4) is 0 Å². The van der Waals surface area contributed by atoms with Gasteiger partial charge in [0.1, 0.15) is 0 Å². The Hall–Kier alpha value is -1.51. The third kappa shape index (κ3) is 4.76. The van der Waals surface area contributed by atoms with Gasteiger partial charge in [0.25, 0.3) is 5.69 Å². The van der Waals surface area contributed by atoms with Crippen molar-refractivity contribution in [1.82, 2.24) is 4.31 Å². The molecule has 0 atom stereocenters. The second kappa shape index (κ2) is 7.48. The number of sulfonamides is 1. The highest BCUT2D eigenvalue weighted by Gasteiger charge is 2.25. The number of nitro benzene ring substituents is 1. The smallest absolute Gasteiger partial charge is 0.269 e. The molecule has 21 heavy (non-hydrogen) atoms. The summed E-state index contributed by atoms with van der Waals surface area (Å²) in [5.41, 5.74) is 5.31. The summed E-state index contributed by atoms with van der Waals surface area (Å²) in [6.45, 7) is 5.00. The van der Waals surface area contributed by atoms with Gasteiger partial charge in [-0.05, 0) is 31.0 Å². The molecule has 1 aromatic carbocycles. The normalized spacial score (nSPS) is 12.0. The maximum absolute atomic E-state index is 12.6. The van der Waals surface area contributed by atoms with Gasteiger partial charge >= 0.3 is 0 Å². The number of non-ortho nitro benzene ring substituents is 1. The highest BCUT2D eigenvalue weighted by molar-refractivity contribution is 7.89. The zero-order chi connectivity index (χ0) is 16.0. The average Bonchev–Trinajstić information content (AvgIpc) is 2.43. The number of nitrogens with two attached hydrogens (primary N) is 1. The molecule has 0 bridgehead atoms. The van der Waals surface area contributed by atoms with Gasteiger partial charge in [-0.1, -0.05) is 13.8 Å². The molecule has 0 amide bonds. The van der Waals surface area contributed by atoms with E-state index in [0.29, 0.717) is 26.1 Å². The van der Waals surface area contributed by atoms with Crippen molar-refractivity contribution in [2.24, 2.45) is 11.7 Å². The van der Waals surface area contributed by atoms with Gasteiger partial charge in [-0.25, -0.2) is 8.42 Å². The molecule has 0 unspecified atom stereocenters. The third-order valence-electron chi connectivity index (χ3n) is 2.87. The zero-order valence-corrected chi connectivity index (χ0v) is 13.0. The van der Waals surface area contributed by atoms with E-state index < -0.39 is 14.9 Å². The minimum atomic E-state index is -3.66. The lowest BCUT2D eigenvalue weighted by molar-refractivity contribution is -0.384. The van der Waals surface area contributed by atoms with E-state index in [1.165, 1.54) is 28.6 Å². The number of nitro groups is 1. The van der Waals surface area contributed by atoms with Crippen molar-refractivity contribution in [2.75, 3.05) is 19.6 Å². The molecule has 1 aromatic rings. The van der Waals surface area contributed by atoms with Crippen molar-refractivity contribution in [3.63, 3.8) is 0 Å². The first-order valence-electron chi connectivity index (χ1n) is 6.73. The van der Waals surface area contributed by atoms with E-state index in [0.717, 1.165) is 0 Å². The fourth-order valence-electron chi connectivity index (χ4n) is 1.87. The summed E-state index contributed by atoms with van der Waals surface area (Å²) in [5, 5.41) is 10.6. The molecule has 7 nitrogen and oxygen atoms in total. The van der Waals surface area contributed by atoms with Crippen molar-refractivity contribution < 1.29 is 13.3 Å². The summed E-state index contributed by atoms with van der Waals surface area (Å²) in [7, 11) is -3.66. The van der Waals surface area contributed by atoms with E-state index in [1.807, 2.05) is 13.8 Å². The van der Waals surface area contributed by atoms with E-state index >= 15 is 0 Å². The van der Waals surface area contributed by atoms with Gasteiger partial charge in [0.05, 0.1) is 9.82 Å². The third-order valence-corrected chi connectivity index (χ3v) is 4.75. The number of hydrogen-bond donors (Lipinski definition) is 1. The van der Waals surface area contributed by atoms with E-state index in [-0.39, 0.29) is 16.5 Å². The molecule has 0 saturated heterocycles. The van der Waals surface area contributed by atoms with Crippen LogP contribution < -0.4 is 5.73 Å². The number of benzene rings is 1. The lowest BCUT2D eigenvalue weighted by Crippen LogP contribution is -2.35. The number of nitrogens with zero attached hydrogens (tertiary/aromatic N) is 2. The molecule has 0 saturated carbocycles. The monoisotopic (exact) mass is 315 g/mol. The molecule has 1 rings (SSSR count). The highest BCUT2D eigenvalue weighted by atomic mass is 32.2. The van der Waals surface area contributed by atoms with Crippen molar-refractivity contribution in [1.29, 1.82) is 0 Å². The van der Waals surface area contributed by atoms with Gasteiger partial charge in [-0.3, -0.25) is 10.1 Å². The fraction of sp³-hybridized carbons (Fsp3) is 0.538. The van der Waals surface area contributed by atoms with Gasteiger partial charge in [-0.2, -0.15) is 4.31 Å². The highest BCUT2D eigenvalue weighted by Crippen LogP contribution is 2.20. The van der Waals surface area contributed by atoms with Crippen LogP contribution in [0.25, 0.3) is 0 Å². The first-order chi connectivity index (χ1) is 9.78. The van der Waals surface area contributed by atoms with E-state index in [9.17, 15) is 18.5 Å². The first-order valence-corrected chi connectivity index (χ1v) is 8.17. The van der Waals surface area contributed by atoms with Crippen molar-refractivity contribution in [2.45, 2.75) is 25.2 Å². The molecule has 0 aliphatic rings. The van der Waals surface area contributed by atoms with Crippen molar-refractivity contribution in [3.05, 3.63) is 34.4 Å². The minimum Gasteiger partial charge on any atom is -0.330 e. The molecule has 2 N–H and O–H groups in total. The van der Waals surface area contributed by atoms with Gasteiger partial charge < -0.3 is 5.73 Å². The van der Waals surface area contributed by atoms with Crippen LogP contribution in [0.4, 0.5) is 5.69 Å². The summed E-state index contributed by atoms with van der Waals surface area (Å²) < 4.78 is 26.5. The summed E-state index contributed by atoms with van der Waals surface area (Å²) in [4.78, 5) is 10.1. The second-order valence-corrected chi connectivity index (χ2v) is 7.09. The topological polar surface area (TPSA) is 107 Å². The van der Waals surface area contributed by atoms with Crippen LogP contribution in [0.2, 0.25) is 0 Å². The molecule has 0 radical (unpaired) electrons. The van der Waals surface area contributed by atoms with E-state index in [1.54, 1.807) is 0 Å². The van der Waals surface area contributed by atoms with Crippen LogP contribution in [-0.2, 0) is 10.0 Å². The second-order valence-electron chi connectivity index (χ2n) is 5.15. The number of hydrogen-bond acceptors (Lipinski definition) is 5. The van der Waals surface area contributed by atoms with Crippen LogP contribution >= 0.6 is 0 Å². The Balaban J connectivity index is 3.06. The molecule has 0 aliphatic heterocycles. The minimum absolute atomic E-state index is 0.0609. The molecule has 0 aliphatic carbocycles. The summed E-state index contributed by atoms with van der Waals surface area (Å²) in [6.07, 6.45) is 0.568. The Kier molecular flexibility index (Phi) is 6.25. The predicted molar refractivity (Wildman–Crippen MR) is 80.4 cm³/mol. The zero-order valence-electron chi connectivity index (χ0n) is 12.2. The Bertz CT molecular complexity index is 570. The predicted octanol–water partition coefficient (Wildman–Crippen LogP) is 1.59. The Morgan fingerprint density at radius 3 is 2.29 bits per heavy atom. The number of rotatable bonds is 8. The molecule has 0 fully saturated rings. The summed E-state index contributed by atoms with van der Waals surface area (Å²) >= 11 is 0. The maximum Gasteiger partial charge on any atom is 0.269 e. The Labute approximate surface area is 124 Å². The van der Waals surface area contributed by atoms with Gasteiger partial charge in [0.15, 0.2) is 0 Å². The van der Waals surface area contributed by atoms with Crippen LogP contribution in [0.1, 0.15) is 20.3 Å². The Morgan fingerprint density at radius 1 is 1.29 bits per heavy atom. The van der Waals surface area contributed by atoms with Crippen LogP contribution in [0.5, 0.6) is 0 Å². The van der Waals surface area contributed by atoms with Gasteiger partial charge in [0.2, 0.25) is 10.0 Å². The molecular weight excluding hydrogens is 294 g/mol. The first kappa shape index (κ1) is 17.5. The molecular formula is C13H21N3O4S. The largest absolute Gasteiger partial charge is 0.330 e. The molecule has 8 heteroatoms. The van der Waals surface area contributed by atoms with Crippen LogP contribution in [0.15, 0.2) is 29.2 Å². The lowest BCUT2D eigenvalue weighted by atomic mass is 10.2. The maximum atomic E-state index is 12.6. The SMILES string of the molecule is CC(C)CN(CCCN)S(=O)(=O)c1ccc([N+](=O)[O-])cc1. The molecule has 0 spiro atoms. The molecule has 0 heterocycles. The molecule has 0 aromatic heterocycles. The standard InChI is InChI=1S/C13H21N3O4S/c1-11(2)10-15(9-3-8-14)21(19,20)13-6-4-12(5-7-13)16(17)18/h4-7,11H,3,8-10,14H2,1-2H3. The summed E-state index contributed by atoms with van der Waals surface area (Å²) in [6, 6.07) is 4.93. The Morgan fingerprint density at radius 2 is 1.86 bits per heavy atom. The van der Waals surface area contributed by atoms with Gasteiger partial charge in [0, 0.05) is 25.2 Å². The lowest BCUT2D eigenvalue weighted by Gasteiger charge is -2.23. The van der Waals surface area contributed by atoms with Crippen LogP contribution in [0, 0.1) is 16.0 Å². The van der Waals surface area contributed by atoms with E-state index in [2.05, 4.69) is 0 Å². The van der Waals surface area contributed by atoms with Crippen LogP contribution in [-0.4, -0.2) is 37.3 Å². The average molecular weight is 315 g/mol.